The molecule has 114 valence electrons. The monoisotopic (exact) mass is 279 g/mol. The van der Waals surface area contributed by atoms with Crippen molar-refractivity contribution in [3.63, 3.8) is 0 Å². The first-order valence-corrected chi connectivity index (χ1v) is 8.10. The molecule has 1 aliphatic heterocycles. The third kappa shape index (κ3) is 5.63. The van der Waals surface area contributed by atoms with Crippen LogP contribution in [0, 0.1) is 0 Å². The van der Waals surface area contributed by atoms with Gasteiger partial charge in [-0.05, 0) is 58.5 Å². The van der Waals surface area contributed by atoms with Gasteiger partial charge in [0.25, 0.3) is 0 Å². The van der Waals surface area contributed by atoms with Gasteiger partial charge in [0.2, 0.25) is 5.91 Å². The Bertz CT molecular complexity index is 335. The Morgan fingerprint density at radius 1 is 1.45 bits per heavy atom. The summed E-state index contributed by atoms with van der Waals surface area (Å²) in [6.07, 6.45) is 11.0. The lowest BCUT2D eigenvalue weighted by atomic mass is 9.97. The second-order valence-corrected chi connectivity index (χ2v) is 6.20. The van der Waals surface area contributed by atoms with Gasteiger partial charge in [0, 0.05) is 19.1 Å². The number of carbonyl (C=O) groups excluding carboxylic acids is 1. The SMILES string of the molecule is CN(CC(=O)NCCC1=CCCCC1)CC1CCCN1. The standard InChI is InChI=1S/C16H29N3O/c1-19(12-15-8-5-10-17-15)13-16(20)18-11-9-14-6-3-2-4-7-14/h6,15,17H,2-5,7-13H2,1H3,(H,18,20). The fourth-order valence-electron chi connectivity index (χ4n) is 3.15. The van der Waals surface area contributed by atoms with Gasteiger partial charge in [-0.15, -0.1) is 0 Å². The molecule has 1 unspecified atom stereocenters. The second-order valence-electron chi connectivity index (χ2n) is 6.20. The van der Waals surface area contributed by atoms with E-state index in [0.717, 1.165) is 26.1 Å². The highest BCUT2D eigenvalue weighted by molar-refractivity contribution is 5.77. The summed E-state index contributed by atoms with van der Waals surface area (Å²) in [5.74, 6) is 0.155. The van der Waals surface area contributed by atoms with E-state index in [1.165, 1.54) is 44.1 Å². The number of likely N-dealkylation sites (N-methyl/N-ethyl adjacent to an activating group) is 1. The average molecular weight is 279 g/mol. The van der Waals surface area contributed by atoms with Crippen LogP contribution in [0.15, 0.2) is 11.6 Å². The minimum Gasteiger partial charge on any atom is -0.355 e. The number of nitrogens with zero attached hydrogens (tertiary/aromatic N) is 1. The van der Waals surface area contributed by atoms with Gasteiger partial charge in [0.15, 0.2) is 0 Å². The predicted molar refractivity (Wildman–Crippen MR) is 82.7 cm³/mol. The summed E-state index contributed by atoms with van der Waals surface area (Å²) in [5.41, 5.74) is 1.53. The summed E-state index contributed by atoms with van der Waals surface area (Å²) in [4.78, 5) is 14.0. The van der Waals surface area contributed by atoms with E-state index in [0.29, 0.717) is 12.6 Å². The highest BCUT2D eigenvalue weighted by Gasteiger charge is 2.17. The molecule has 0 aromatic carbocycles. The molecule has 2 rings (SSSR count). The number of rotatable bonds is 7. The summed E-state index contributed by atoms with van der Waals surface area (Å²) in [5, 5.41) is 6.51. The molecule has 0 saturated carbocycles. The van der Waals surface area contributed by atoms with Crippen molar-refractivity contribution in [3.8, 4) is 0 Å². The van der Waals surface area contributed by atoms with Crippen LogP contribution in [0.5, 0.6) is 0 Å². The Kier molecular flexibility index (Phi) is 6.54. The Morgan fingerprint density at radius 3 is 3.05 bits per heavy atom. The zero-order valence-electron chi connectivity index (χ0n) is 12.8. The van der Waals surface area contributed by atoms with Gasteiger partial charge in [0.05, 0.1) is 6.54 Å². The molecule has 4 nitrogen and oxygen atoms in total. The Hall–Kier alpha value is -0.870. The number of allylic oxidation sites excluding steroid dienone is 1. The molecule has 0 radical (unpaired) electrons. The van der Waals surface area contributed by atoms with Crippen LogP contribution in [0.25, 0.3) is 0 Å². The highest BCUT2D eigenvalue weighted by atomic mass is 16.2. The summed E-state index contributed by atoms with van der Waals surface area (Å²) >= 11 is 0. The average Bonchev–Trinajstić information content (AvgIpc) is 2.92. The first-order chi connectivity index (χ1) is 9.74. The highest BCUT2D eigenvalue weighted by Crippen LogP contribution is 2.19. The topological polar surface area (TPSA) is 44.4 Å². The molecule has 20 heavy (non-hydrogen) atoms. The second kappa shape index (κ2) is 8.42. The van der Waals surface area contributed by atoms with E-state index in [-0.39, 0.29) is 5.91 Å². The Labute approximate surface area is 123 Å². The summed E-state index contributed by atoms with van der Waals surface area (Å²) in [6, 6.07) is 0.570. The van der Waals surface area contributed by atoms with Gasteiger partial charge in [-0.25, -0.2) is 0 Å². The molecule has 0 aromatic heterocycles. The molecule has 4 heteroatoms. The van der Waals surface area contributed by atoms with Gasteiger partial charge in [-0.3, -0.25) is 9.69 Å². The lowest BCUT2D eigenvalue weighted by Gasteiger charge is -2.20. The smallest absolute Gasteiger partial charge is 0.234 e. The van der Waals surface area contributed by atoms with Gasteiger partial charge in [-0.1, -0.05) is 11.6 Å². The van der Waals surface area contributed by atoms with Gasteiger partial charge in [-0.2, -0.15) is 0 Å². The van der Waals surface area contributed by atoms with E-state index < -0.39 is 0 Å². The van der Waals surface area contributed by atoms with Crippen molar-refractivity contribution in [1.29, 1.82) is 0 Å². The van der Waals surface area contributed by atoms with Crippen LogP contribution in [0.4, 0.5) is 0 Å². The summed E-state index contributed by atoms with van der Waals surface area (Å²) in [6.45, 7) is 3.40. The molecule has 1 heterocycles. The minimum atomic E-state index is 0.155. The lowest BCUT2D eigenvalue weighted by molar-refractivity contribution is -0.121. The van der Waals surface area contributed by atoms with E-state index in [9.17, 15) is 4.79 Å². The first kappa shape index (κ1) is 15.5. The van der Waals surface area contributed by atoms with Gasteiger partial charge in [0.1, 0.15) is 0 Å². The molecule has 1 atom stereocenters. The molecule has 1 aliphatic carbocycles. The van der Waals surface area contributed by atoms with Gasteiger partial charge < -0.3 is 10.6 Å². The zero-order valence-corrected chi connectivity index (χ0v) is 12.8. The minimum absolute atomic E-state index is 0.155. The molecule has 0 bridgehead atoms. The van der Waals surface area contributed by atoms with Crippen molar-refractivity contribution >= 4 is 5.91 Å². The van der Waals surface area contributed by atoms with Crippen LogP contribution in [0.3, 0.4) is 0 Å². The van der Waals surface area contributed by atoms with E-state index in [1.807, 2.05) is 7.05 Å². The number of nitrogens with one attached hydrogen (secondary N) is 2. The molecule has 0 spiro atoms. The van der Waals surface area contributed by atoms with E-state index in [2.05, 4.69) is 21.6 Å². The number of carbonyl (C=O) groups is 1. The van der Waals surface area contributed by atoms with Crippen LogP contribution in [-0.4, -0.2) is 50.1 Å². The van der Waals surface area contributed by atoms with Crippen molar-refractivity contribution < 1.29 is 4.79 Å². The maximum Gasteiger partial charge on any atom is 0.234 e. The lowest BCUT2D eigenvalue weighted by Crippen LogP contribution is -2.41. The molecule has 1 saturated heterocycles. The largest absolute Gasteiger partial charge is 0.355 e. The molecule has 0 aromatic rings. The predicted octanol–water partition coefficient (Wildman–Crippen LogP) is 1.68. The first-order valence-electron chi connectivity index (χ1n) is 8.10. The fourth-order valence-corrected chi connectivity index (χ4v) is 3.15. The van der Waals surface area contributed by atoms with Crippen molar-refractivity contribution in [3.05, 3.63) is 11.6 Å². The summed E-state index contributed by atoms with van der Waals surface area (Å²) in [7, 11) is 2.03. The summed E-state index contributed by atoms with van der Waals surface area (Å²) < 4.78 is 0. The van der Waals surface area contributed by atoms with E-state index >= 15 is 0 Å². The molecule has 1 amide bonds. The Morgan fingerprint density at radius 2 is 2.35 bits per heavy atom. The molecule has 2 N–H and O–H groups in total. The van der Waals surface area contributed by atoms with E-state index in [1.54, 1.807) is 0 Å². The van der Waals surface area contributed by atoms with E-state index in [4.69, 9.17) is 0 Å². The number of hydrogen-bond donors (Lipinski definition) is 2. The van der Waals surface area contributed by atoms with Crippen molar-refractivity contribution in [2.45, 2.75) is 51.0 Å². The van der Waals surface area contributed by atoms with Gasteiger partial charge >= 0.3 is 0 Å². The fraction of sp³-hybridized carbons (Fsp3) is 0.812. The zero-order chi connectivity index (χ0) is 14.2. The van der Waals surface area contributed by atoms with Crippen molar-refractivity contribution in [2.24, 2.45) is 0 Å². The van der Waals surface area contributed by atoms with Crippen LogP contribution >= 0.6 is 0 Å². The third-order valence-electron chi connectivity index (χ3n) is 4.26. The number of hydrogen-bond acceptors (Lipinski definition) is 3. The molecular weight excluding hydrogens is 250 g/mol. The van der Waals surface area contributed by atoms with Crippen LogP contribution in [0.1, 0.15) is 44.9 Å². The third-order valence-corrected chi connectivity index (χ3v) is 4.26. The normalized spacial score (nSPS) is 22.9. The number of amides is 1. The Balaban J connectivity index is 1.56. The maximum atomic E-state index is 11.9. The van der Waals surface area contributed by atoms with Crippen molar-refractivity contribution in [2.75, 3.05) is 33.2 Å². The quantitative estimate of drug-likeness (QED) is 0.697. The molecule has 2 aliphatic rings. The molecular formula is C16H29N3O. The van der Waals surface area contributed by atoms with Crippen LogP contribution in [-0.2, 0) is 4.79 Å². The van der Waals surface area contributed by atoms with Crippen LogP contribution < -0.4 is 10.6 Å². The maximum absolute atomic E-state index is 11.9. The van der Waals surface area contributed by atoms with Crippen LogP contribution in [0.2, 0.25) is 0 Å². The van der Waals surface area contributed by atoms with Crippen molar-refractivity contribution in [1.82, 2.24) is 15.5 Å². The molecule has 1 fully saturated rings.